The normalized spacial score (nSPS) is 14.3. The maximum atomic E-state index is 4.74. The predicted molar refractivity (Wildman–Crippen MR) is 103 cm³/mol. The van der Waals surface area contributed by atoms with Gasteiger partial charge in [0.1, 0.15) is 7.05 Å². The highest BCUT2D eigenvalue weighted by atomic mass is 14.9. The number of benzene rings is 1. The van der Waals surface area contributed by atoms with Gasteiger partial charge < -0.3 is 0 Å². The smallest absolute Gasteiger partial charge is 0.213 e. The summed E-state index contributed by atoms with van der Waals surface area (Å²) in [5, 5.41) is 0. The minimum atomic E-state index is -0.0981. The molecule has 2 heteroatoms. The maximum Gasteiger partial charge on any atom is 0.213 e. The summed E-state index contributed by atoms with van der Waals surface area (Å²) in [6.07, 6.45) is 4.14. The molecule has 2 heterocycles. The monoisotopic (exact) mass is 329 g/mol. The van der Waals surface area contributed by atoms with E-state index < -0.39 is 0 Å². The van der Waals surface area contributed by atoms with Crippen molar-refractivity contribution >= 4 is 0 Å². The average molecular weight is 329 g/mol. The highest BCUT2D eigenvalue weighted by Crippen LogP contribution is 2.51. The Balaban J connectivity index is 2.10. The van der Waals surface area contributed by atoms with Crippen LogP contribution in [0.4, 0.5) is 0 Å². The van der Waals surface area contributed by atoms with Gasteiger partial charge in [0.2, 0.25) is 5.69 Å². The molecule has 0 atom stereocenters. The van der Waals surface area contributed by atoms with Crippen LogP contribution in [0.5, 0.6) is 0 Å². The van der Waals surface area contributed by atoms with Crippen molar-refractivity contribution in [3.05, 3.63) is 70.7 Å². The molecule has 0 bridgehead atoms. The molecule has 1 aliphatic rings. The van der Waals surface area contributed by atoms with Crippen LogP contribution in [0.2, 0.25) is 0 Å². The van der Waals surface area contributed by atoms with Crippen LogP contribution >= 0.6 is 0 Å². The maximum absolute atomic E-state index is 4.74. The van der Waals surface area contributed by atoms with E-state index in [-0.39, 0.29) is 5.41 Å². The third-order valence-corrected chi connectivity index (χ3v) is 5.73. The molecule has 0 saturated heterocycles. The molecule has 126 valence electrons. The first-order valence-electron chi connectivity index (χ1n) is 8.89. The number of nitrogens with zero attached hydrogens (tertiary/aromatic N) is 2. The summed E-state index contributed by atoms with van der Waals surface area (Å²) in [5.41, 5.74) is 11.7. The zero-order valence-electron chi connectivity index (χ0n) is 15.9. The molecular formula is C23H25N2+. The van der Waals surface area contributed by atoms with E-state index in [0.717, 1.165) is 0 Å². The largest absolute Gasteiger partial charge is 0.260 e. The minimum absolute atomic E-state index is 0.0981. The fourth-order valence-electron chi connectivity index (χ4n) is 4.28. The Morgan fingerprint density at radius 3 is 2.44 bits per heavy atom. The molecular weight excluding hydrogens is 304 g/mol. The fourth-order valence-corrected chi connectivity index (χ4v) is 4.28. The van der Waals surface area contributed by atoms with Crippen LogP contribution in [0.15, 0.2) is 42.7 Å². The number of aryl methyl sites for hydroxylation is 4. The summed E-state index contributed by atoms with van der Waals surface area (Å²) in [6.45, 7) is 11.2. The lowest BCUT2D eigenvalue weighted by molar-refractivity contribution is -0.660. The van der Waals surface area contributed by atoms with Crippen molar-refractivity contribution in [2.24, 2.45) is 7.05 Å². The molecule has 0 radical (unpaired) electrons. The second kappa shape index (κ2) is 5.26. The van der Waals surface area contributed by atoms with Crippen LogP contribution in [0.3, 0.4) is 0 Å². The van der Waals surface area contributed by atoms with Crippen molar-refractivity contribution < 1.29 is 4.57 Å². The summed E-state index contributed by atoms with van der Waals surface area (Å²) in [6, 6.07) is 11.1. The van der Waals surface area contributed by atoms with Crippen molar-refractivity contribution in [1.82, 2.24) is 4.98 Å². The molecule has 0 saturated carbocycles. The Morgan fingerprint density at radius 1 is 0.920 bits per heavy atom. The molecule has 0 unspecified atom stereocenters. The highest BCUT2D eigenvalue weighted by Gasteiger charge is 2.40. The number of hydrogen-bond acceptors (Lipinski definition) is 1. The summed E-state index contributed by atoms with van der Waals surface area (Å²) < 4.78 is 2.26. The van der Waals surface area contributed by atoms with E-state index in [4.69, 9.17) is 4.98 Å². The van der Waals surface area contributed by atoms with E-state index in [0.29, 0.717) is 0 Å². The Morgan fingerprint density at radius 2 is 1.68 bits per heavy atom. The summed E-state index contributed by atoms with van der Waals surface area (Å²) in [4.78, 5) is 4.74. The van der Waals surface area contributed by atoms with Gasteiger partial charge in [-0.3, -0.25) is 4.98 Å². The molecule has 0 aliphatic heterocycles. The quantitative estimate of drug-likeness (QED) is 0.586. The molecule has 4 rings (SSSR count). The Labute approximate surface area is 150 Å². The van der Waals surface area contributed by atoms with Gasteiger partial charge in [0.05, 0.1) is 11.3 Å². The number of rotatable bonds is 1. The molecule has 1 aliphatic carbocycles. The van der Waals surface area contributed by atoms with Crippen LogP contribution < -0.4 is 4.57 Å². The summed E-state index contributed by atoms with van der Waals surface area (Å²) in [5.74, 6) is 0. The van der Waals surface area contributed by atoms with Crippen LogP contribution in [0, 0.1) is 20.8 Å². The molecule has 0 amide bonds. The molecule has 3 aromatic rings. The van der Waals surface area contributed by atoms with Crippen LogP contribution in [-0.2, 0) is 12.5 Å². The van der Waals surface area contributed by atoms with E-state index >= 15 is 0 Å². The van der Waals surface area contributed by atoms with Gasteiger partial charge in [-0.05, 0) is 49.1 Å². The van der Waals surface area contributed by atoms with E-state index in [2.05, 4.69) is 76.7 Å². The fraction of sp³-hybridized carbons (Fsp3) is 0.304. The zero-order valence-corrected chi connectivity index (χ0v) is 15.9. The SMILES string of the molecule is Cc1cc(-c2c(C)ccc3c2C(C)(C)c2ncccc2-3)[n+](C)cc1C. The lowest BCUT2D eigenvalue weighted by Crippen LogP contribution is -2.32. The van der Waals surface area contributed by atoms with Crippen LogP contribution in [0.25, 0.3) is 22.4 Å². The van der Waals surface area contributed by atoms with Gasteiger partial charge in [-0.1, -0.05) is 32.0 Å². The van der Waals surface area contributed by atoms with Gasteiger partial charge in [-0.25, -0.2) is 4.57 Å². The van der Waals surface area contributed by atoms with Crippen LogP contribution in [-0.4, -0.2) is 4.98 Å². The number of hydrogen-bond donors (Lipinski definition) is 0. The topological polar surface area (TPSA) is 16.8 Å². The first-order valence-corrected chi connectivity index (χ1v) is 8.89. The zero-order chi connectivity index (χ0) is 17.9. The highest BCUT2D eigenvalue weighted by molar-refractivity contribution is 5.87. The third kappa shape index (κ3) is 2.17. The van der Waals surface area contributed by atoms with E-state index in [1.807, 2.05) is 12.3 Å². The van der Waals surface area contributed by atoms with Crippen LogP contribution in [0.1, 0.15) is 41.8 Å². The Kier molecular flexibility index (Phi) is 3.37. The summed E-state index contributed by atoms with van der Waals surface area (Å²) in [7, 11) is 2.15. The average Bonchev–Trinajstić information content (AvgIpc) is 2.80. The van der Waals surface area contributed by atoms with Crippen molar-refractivity contribution in [1.29, 1.82) is 0 Å². The van der Waals surface area contributed by atoms with Gasteiger partial charge in [0.25, 0.3) is 0 Å². The van der Waals surface area contributed by atoms with Gasteiger partial charge in [-0.2, -0.15) is 0 Å². The molecule has 0 N–H and O–H groups in total. The predicted octanol–water partition coefficient (Wildman–Crippen LogP) is 4.80. The molecule has 0 spiro atoms. The molecule has 2 aromatic heterocycles. The molecule has 1 aromatic carbocycles. The van der Waals surface area contributed by atoms with Gasteiger partial charge in [0, 0.05) is 28.8 Å². The second-order valence-electron chi connectivity index (χ2n) is 7.84. The third-order valence-electron chi connectivity index (χ3n) is 5.73. The minimum Gasteiger partial charge on any atom is -0.260 e. The number of aromatic nitrogens is 2. The second-order valence-corrected chi connectivity index (χ2v) is 7.84. The van der Waals surface area contributed by atoms with Gasteiger partial charge >= 0.3 is 0 Å². The van der Waals surface area contributed by atoms with E-state index in [9.17, 15) is 0 Å². The van der Waals surface area contributed by atoms with Gasteiger partial charge in [0.15, 0.2) is 6.20 Å². The number of fused-ring (bicyclic) bond motifs is 3. The molecule has 0 fully saturated rings. The molecule has 2 nitrogen and oxygen atoms in total. The summed E-state index contributed by atoms with van der Waals surface area (Å²) >= 11 is 0. The lowest BCUT2D eigenvalue weighted by atomic mass is 9.80. The van der Waals surface area contributed by atoms with Crippen molar-refractivity contribution in [3.63, 3.8) is 0 Å². The van der Waals surface area contributed by atoms with Gasteiger partial charge in [-0.15, -0.1) is 0 Å². The van der Waals surface area contributed by atoms with E-state index in [1.54, 1.807) is 0 Å². The lowest BCUT2D eigenvalue weighted by Gasteiger charge is -2.23. The first-order chi connectivity index (χ1) is 11.8. The van der Waals surface area contributed by atoms with Crippen molar-refractivity contribution in [2.75, 3.05) is 0 Å². The number of pyridine rings is 2. The van der Waals surface area contributed by atoms with E-state index in [1.165, 1.54) is 50.3 Å². The Bertz CT molecular complexity index is 1010. The first kappa shape index (κ1) is 16.0. The standard InChI is InChI=1S/C23H25N2/c1-14-9-10-17-18-8-7-11-24-22(18)23(4,5)21(17)20(14)19-12-15(2)16(3)13-25(19)6/h7-13H,1-6H3/q+1. The Hall–Kier alpha value is -2.48. The van der Waals surface area contributed by atoms with Crippen molar-refractivity contribution in [2.45, 2.75) is 40.0 Å². The molecule has 25 heavy (non-hydrogen) atoms. The van der Waals surface area contributed by atoms with Crippen molar-refractivity contribution in [3.8, 4) is 22.4 Å².